The largest absolute Gasteiger partial charge is 3.00 e. The third kappa shape index (κ3) is 504. The molecule has 0 unspecified atom stereocenters. The van der Waals surface area contributed by atoms with Gasteiger partial charge in [0, 0.05) is 20.8 Å². The van der Waals surface area contributed by atoms with Crippen LogP contribution in [0.4, 0.5) is 0 Å². The molecule has 0 aromatic heterocycles. The van der Waals surface area contributed by atoms with Crippen molar-refractivity contribution >= 4 is 20.8 Å². The monoisotopic (exact) mass is 260 g/mol. The average molecular weight is 260 g/mol. The fourth-order valence-corrected chi connectivity index (χ4v) is 0. The second-order valence-corrected chi connectivity index (χ2v) is 2.45. The summed E-state index contributed by atoms with van der Waals surface area (Å²) >= 11 is 0. The van der Waals surface area contributed by atoms with Gasteiger partial charge in [0.25, 0.3) is 0 Å². The van der Waals surface area contributed by atoms with Gasteiger partial charge in [-0.05, 0) is 0 Å². The van der Waals surface area contributed by atoms with Gasteiger partial charge in [0.1, 0.15) is 0 Å². The first-order valence-corrected chi connectivity index (χ1v) is 4.00. The third-order valence-corrected chi connectivity index (χ3v) is 0. The van der Waals surface area contributed by atoms with E-state index < -0.39 is 20.8 Å². The number of hydrogen-bond donors (Lipinski definition) is 0. The quantitative estimate of drug-likeness (QED) is 0.236. The SMILES string of the molecule is O=S(=O)([O-])[O-].O=S(=O)([O-])[O-].[Na+].[Sc+3]. The molecule has 0 heterocycles. The first-order valence-electron chi connectivity index (χ1n) is 1.33. The summed E-state index contributed by atoms with van der Waals surface area (Å²) in [4.78, 5) is 0. The number of rotatable bonds is 0. The summed E-state index contributed by atoms with van der Waals surface area (Å²) in [6.07, 6.45) is 0. The van der Waals surface area contributed by atoms with Crippen LogP contribution in [0.1, 0.15) is 0 Å². The Morgan fingerprint density at radius 1 is 0.667 bits per heavy atom. The molecule has 0 aliphatic heterocycles. The predicted molar refractivity (Wildman–Crippen MR) is 20.9 cm³/mol. The van der Waals surface area contributed by atoms with Crippen LogP contribution in [0.25, 0.3) is 0 Å². The second-order valence-electron chi connectivity index (χ2n) is 0.816. The summed E-state index contributed by atoms with van der Waals surface area (Å²) in [6, 6.07) is 0. The van der Waals surface area contributed by atoms with Gasteiger partial charge in [0.15, 0.2) is 0 Å². The Labute approximate surface area is 110 Å². The first kappa shape index (κ1) is 23.4. The Morgan fingerprint density at radius 3 is 0.667 bits per heavy atom. The van der Waals surface area contributed by atoms with Crippen LogP contribution in [-0.2, 0) is 46.6 Å². The molecule has 8 nitrogen and oxygen atoms in total. The van der Waals surface area contributed by atoms with Gasteiger partial charge in [-0.3, -0.25) is 16.8 Å². The van der Waals surface area contributed by atoms with E-state index in [1.165, 1.54) is 0 Å². The van der Waals surface area contributed by atoms with Crippen molar-refractivity contribution in [2.24, 2.45) is 0 Å². The average Bonchev–Trinajstić information content (AvgIpc) is 1.12. The molecule has 0 spiro atoms. The molecule has 0 saturated heterocycles. The summed E-state index contributed by atoms with van der Waals surface area (Å²) < 4.78 is 68.2. The maximum atomic E-state index is 8.52. The molecule has 0 atom stereocenters. The van der Waals surface area contributed by atoms with Crippen LogP contribution in [0, 0.1) is 0 Å². The van der Waals surface area contributed by atoms with Gasteiger partial charge < -0.3 is 18.2 Å². The van der Waals surface area contributed by atoms with Crippen LogP contribution >= 0.6 is 0 Å². The zero-order valence-corrected chi connectivity index (χ0v) is 11.1. The van der Waals surface area contributed by atoms with E-state index in [2.05, 4.69) is 0 Å². The summed E-state index contributed by atoms with van der Waals surface area (Å²) in [5.41, 5.74) is 0. The molecular formula is NaO8S2Sc. The van der Waals surface area contributed by atoms with Crippen molar-refractivity contribution in [3.05, 3.63) is 0 Å². The normalized spacial score (nSPS) is 9.67. The molecule has 0 aromatic carbocycles. The smallest absolute Gasteiger partial charge is 0.759 e. The molecule has 0 rings (SSSR count). The van der Waals surface area contributed by atoms with Crippen LogP contribution in [-0.4, -0.2) is 35.0 Å². The van der Waals surface area contributed by atoms with E-state index >= 15 is 0 Å². The fraction of sp³-hybridized carbons (Fsp3) is 0. The van der Waals surface area contributed by atoms with E-state index in [0.717, 1.165) is 0 Å². The van der Waals surface area contributed by atoms with Crippen molar-refractivity contribution in [3.63, 3.8) is 0 Å². The molecule has 0 fully saturated rings. The molecule has 0 saturated carbocycles. The van der Waals surface area contributed by atoms with E-state index in [0.29, 0.717) is 0 Å². The van der Waals surface area contributed by atoms with Crippen LogP contribution in [0.15, 0.2) is 0 Å². The Bertz CT molecular complexity index is 213. The molecule has 0 radical (unpaired) electrons. The zero-order valence-electron chi connectivity index (χ0n) is 5.66. The van der Waals surface area contributed by atoms with Crippen molar-refractivity contribution in [2.75, 3.05) is 0 Å². The fourth-order valence-electron chi connectivity index (χ4n) is 0. The van der Waals surface area contributed by atoms with Crippen molar-refractivity contribution in [3.8, 4) is 0 Å². The Morgan fingerprint density at radius 2 is 0.667 bits per heavy atom. The Hall–Kier alpha value is 1.61. The third-order valence-electron chi connectivity index (χ3n) is 0. The van der Waals surface area contributed by atoms with Gasteiger partial charge in [0.2, 0.25) is 0 Å². The molecule has 0 aliphatic rings. The maximum Gasteiger partial charge on any atom is 3.00 e. The number of hydrogen-bond acceptors (Lipinski definition) is 8. The first-order chi connectivity index (χ1) is 4.00. The van der Waals surface area contributed by atoms with Gasteiger partial charge in [-0.1, -0.05) is 0 Å². The Balaban J connectivity index is -0.0000000457. The molecular weight excluding hydrogens is 260 g/mol. The van der Waals surface area contributed by atoms with Crippen LogP contribution in [0.2, 0.25) is 0 Å². The minimum atomic E-state index is -5.17. The molecule has 0 aromatic rings. The van der Waals surface area contributed by atoms with Gasteiger partial charge in [-0.15, -0.1) is 0 Å². The molecule has 64 valence electrons. The minimum absolute atomic E-state index is 0. The molecule has 12 heavy (non-hydrogen) atoms. The van der Waals surface area contributed by atoms with Gasteiger partial charge in [-0.2, -0.15) is 0 Å². The molecule has 0 bridgehead atoms. The molecule has 0 N–H and O–H groups in total. The second kappa shape index (κ2) is 9.18. The summed E-state index contributed by atoms with van der Waals surface area (Å²) in [7, 11) is -10.3. The van der Waals surface area contributed by atoms with E-state index in [1.54, 1.807) is 0 Å². The predicted octanol–water partition coefficient (Wildman–Crippen LogP) is -5.67. The van der Waals surface area contributed by atoms with Crippen molar-refractivity contribution < 1.29 is 90.4 Å². The van der Waals surface area contributed by atoms with Crippen LogP contribution in [0.3, 0.4) is 0 Å². The minimum Gasteiger partial charge on any atom is -0.759 e. The molecule has 0 amide bonds. The van der Waals surface area contributed by atoms with E-state index in [-0.39, 0.29) is 55.4 Å². The van der Waals surface area contributed by atoms with Crippen molar-refractivity contribution in [1.82, 2.24) is 0 Å². The van der Waals surface area contributed by atoms with Gasteiger partial charge >= 0.3 is 55.4 Å². The molecule has 12 heteroatoms. The van der Waals surface area contributed by atoms with Crippen molar-refractivity contribution in [2.45, 2.75) is 0 Å². The summed E-state index contributed by atoms with van der Waals surface area (Å²) in [5.74, 6) is 0. The van der Waals surface area contributed by atoms with E-state index in [9.17, 15) is 0 Å². The topological polar surface area (TPSA) is 161 Å². The van der Waals surface area contributed by atoms with E-state index in [1.807, 2.05) is 0 Å². The van der Waals surface area contributed by atoms with Gasteiger partial charge in [0.05, 0.1) is 0 Å². The summed E-state index contributed by atoms with van der Waals surface area (Å²) in [6.45, 7) is 0. The van der Waals surface area contributed by atoms with Crippen LogP contribution < -0.4 is 29.6 Å². The van der Waals surface area contributed by atoms with Gasteiger partial charge in [-0.25, -0.2) is 0 Å². The zero-order chi connectivity index (χ0) is 9.00. The van der Waals surface area contributed by atoms with Crippen molar-refractivity contribution in [1.29, 1.82) is 0 Å². The standard InChI is InChI=1S/Na.2H2O4S.Sc/c;2*1-5(2,3)4;/h;2*(H2,1,2,3,4);/q+1;;;+3/p-4. The maximum absolute atomic E-state index is 8.52. The summed E-state index contributed by atoms with van der Waals surface area (Å²) in [5, 5.41) is 0. The van der Waals surface area contributed by atoms with Crippen LogP contribution in [0.5, 0.6) is 0 Å². The Kier molecular flexibility index (Phi) is 17.9. The molecule has 0 aliphatic carbocycles. The van der Waals surface area contributed by atoms with E-state index in [4.69, 9.17) is 35.0 Å².